The van der Waals surface area contributed by atoms with Gasteiger partial charge in [0, 0.05) is 15.7 Å². The Bertz CT molecular complexity index is 1030. The minimum Gasteiger partial charge on any atom is -0.504 e. The van der Waals surface area contributed by atoms with E-state index < -0.39 is 6.23 Å². The summed E-state index contributed by atoms with van der Waals surface area (Å²) in [7, 11) is 0. The number of para-hydroxylation sites is 1. The molecule has 144 valence electrons. The van der Waals surface area contributed by atoms with Gasteiger partial charge in [-0.2, -0.15) is 4.98 Å². The zero-order chi connectivity index (χ0) is 19.7. The van der Waals surface area contributed by atoms with E-state index in [0.717, 1.165) is 15.7 Å². The number of aromatic hydroxyl groups is 1. The maximum atomic E-state index is 10.8. The second kappa shape index (κ2) is 7.84. The second-order valence-corrected chi connectivity index (χ2v) is 7.60. The third-order valence-electron chi connectivity index (χ3n) is 4.17. The van der Waals surface area contributed by atoms with E-state index >= 15 is 0 Å². The number of hydrogen-bond acceptors (Lipinski definition) is 8. The van der Waals surface area contributed by atoms with Crippen LogP contribution >= 0.6 is 27.7 Å². The Morgan fingerprint density at radius 2 is 2.11 bits per heavy atom. The van der Waals surface area contributed by atoms with Gasteiger partial charge in [-0.1, -0.05) is 45.9 Å². The number of anilines is 1. The molecule has 28 heavy (non-hydrogen) atoms. The number of rotatable bonds is 4. The van der Waals surface area contributed by atoms with E-state index in [0.29, 0.717) is 34.7 Å². The van der Waals surface area contributed by atoms with Gasteiger partial charge in [0.05, 0.1) is 12.2 Å². The van der Waals surface area contributed by atoms with Gasteiger partial charge in [-0.3, -0.25) is 0 Å². The van der Waals surface area contributed by atoms with Crippen molar-refractivity contribution in [2.24, 2.45) is 0 Å². The molecule has 7 nitrogen and oxygen atoms in total. The van der Waals surface area contributed by atoms with E-state index in [4.69, 9.17) is 9.47 Å². The fourth-order valence-electron chi connectivity index (χ4n) is 2.93. The number of fused-ring (bicyclic) bond motifs is 3. The fraction of sp³-hybridized carbons (Fsp3) is 0.211. The Morgan fingerprint density at radius 3 is 2.89 bits per heavy atom. The lowest BCUT2D eigenvalue weighted by Crippen LogP contribution is -2.17. The van der Waals surface area contributed by atoms with Crippen LogP contribution in [0.25, 0.3) is 11.3 Å². The summed E-state index contributed by atoms with van der Waals surface area (Å²) in [4.78, 5) is 4.48. The first kappa shape index (κ1) is 18.8. The Balaban J connectivity index is 1.87. The normalized spacial score (nSPS) is 14.9. The van der Waals surface area contributed by atoms with Gasteiger partial charge in [-0.15, -0.1) is 10.2 Å². The molecule has 1 atom stereocenters. The largest absolute Gasteiger partial charge is 0.504 e. The van der Waals surface area contributed by atoms with Crippen LogP contribution in [-0.4, -0.2) is 33.2 Å². The molecule has 0 radical (unpaired) electrons. The minimum absolute atomic E-state index is 0.00980. The fourth-order valence-corrected chi connectivity index (χ4v) is 3.69. The molecule has 2 heterocycles. The molecule has 0 fully saturated rings. The molecular weight excluding hydrogens is 444 g/mol. The summed E-state index contributed by atoms with van der Waals surface area (Å²) in [6.45, 7) is 2.29. The highest BCUT2D eigenvalue weighted by atomic mass is 79.9. The predicted octanol–water partition coefficient (Wildman–Crippen LogP) is 4.63. The minimum atomic E-state index is -0.703. The third-order valence-corrected chi connectivity index (χ3v) is 5.16. The number of aromatic nitrogens is 3. The quantitative estimate of drug-likeness (QED) is 0.544. The number of nitrogens with zero attached hydrogens (tertiary/aromatic N) is 3. The highest BCUT2D eigenvalue weighted by Crippen LogP contribution is 2.43. The van der Waals surface area contributed by atoms with E-state index in [1.54, 1.807) is 12.1 Å². The number of benzene rings is 2. The van der Waals surface area contributed by atoms with Gasteiger partial charge in [0.25, 0.3) is 0 Å². The first-order chi connectivity index (χ1) is 13.6. The van der Waals surface area contributed by atoms with Gasteiger partial charge >= 0.3 is 0 Å². The molecule has 0 amide bonds. The molecule has 0 saturated heterocycles. The average molecular weight is 461 g/mol. The van der Waals surface area contributed by atoms with Gasteiger partial charge in [0.1, 0.15) is 0 Å². The lowest BCUT2D eigenvalue weighted by Gasteiger charge is -2.21. The summed E-state index contributed by atoms with van der Waals surface area (Å²) < 4.78 is 12.5. The molecule has 9 heteroatoms. The van der Waals surface area contributed by atoms with Gasteiger partial charge in [0.15, 0.2) is 17.2 Å². The molecule has 3 aromatic rings. The van der Waals surface area contributed by atoms with Crippen LogP contribution in [0.1, 0.15) is 18.7 Å². The van der Waals surface area contributed by atoms with E-state index in [2.05, 4.69) is 36.4 Å². The van der Waals surface area contributed by atoms with Crippen LogP contribution in [0.4, 0.5) is 5.69 Å². The summed E-state index contributed by atoms with van der Waals surface area (Å²) in [6, 6.07) is 11.2. The number of halogens is 1. The van der Waals surface area contributed by atoms with Crippen LogP contribution in [0.15, 0.2) is 46.0 Å². The highest BCUT2D eigenvalue weighted by molar-refractivity contribution is 9.10. The van der Waals surface area contributed by atoms with E-state index in [1.165, 1.54) is 11.8 Å². The third kappa shape index (κ3) is 3.47. The number of thioether (sulfide) groups is 1. The van der Waals surface area contributed by atoms with Crippen molar-refractivity contribution in [3.05, 3.63) is 46.4 Å². The summed E-state index contributed by atoms with van der Waals surface area (Å²) in [5.74, 6) is 0.732. The molecular formula is C19H17BrN4O3S. The van der Waals surface area contributed by atoms with Crippen LogP contribution in [0.2, 0.25) is 0 Å². The number of phenolic OH excluding ortho intramolecular Hbond substituents is 1. The van der Waals surface area contributed by atoms with Crippen LogP contribution in [0, 0.1) is 0 Å². The number of ether oxygens (including phenoxy) is 2. The van der Waals surface area contributed by atoms with Gasteiger partial charge in [-0.25, -0.2) is 0 Å². The molecule has 0 spiro atoms. The van der Waals surface area contributed by atoms with Gasteiger partial charge < -0.3 is 19.9 Å². The lowest BCUT2D eigenvalue weighted by atomic mass is 10.1. The van der Waals surface area contributed by atoms with Crippen molar-refractivity contribution in [2.45, 2.75) is 18.3 Å². The van der Waals surface area contributed by atoms with Crippen molar-refractivity contribution in [1.29, 1.82) is 0 Å². The molecule has 1 aromatic heterocycles. The van der Waals surface area contributed by atoms with Gasteiger partial charge in [-0.05, 0) is 31.4 Å². The van der Waals surface area contributed by atoms with Crippen molar-refractivity contribution in [2.75, 3.05) is 18.2 Å². The summed E-state index contributed by atoms with van der Waals surface area (Å²) in [5, 5.41) is 23.0. The number of nitrogens with one attached hydrogen (secondary N) is 1. The van der Waals surface area contributed by atoms with E-state index in [9.17, 15) is 5.11 Å². The summed E-state index contributed by atoms with van der Waals surface area (Å²) in [6.07, 6.45) is 1.17. The molecule has 2 aromatic carbocycles. The maximum absolute atomic E-state index is 10.8. The van der Waals surface area contributed by atoms with Crippen LogP contribution in [-0.2, 0) is 0 Å². The van der Waals surface area contributed by atoms with E-state index in [1.807, 2.05) is 37.4 Å². The Hall–Kier alpha value is -2.52. The zero-order valence-corrected chi connectivity index (χ0v) is 17.5. The van der Waals surface area contributed by atoms with E-state index in [-0.39, 0.29) is 5.75 Å². The van der Waals surface area contributed by atoms with Crippen LogP contribution in [0.3, 0.4) is 0 Å². The monoisotopic (exact) mass is 460 g/mol. The van der Waals surface area contributed by atoms with Crippen molar-refractivity contribution in [3.8, 4) is 28.6 Å². The standard InChI is InChI=1S/C19H17BrN4O3S/c1-3-26-14-9-10(20)8-12(16(14)25)17-21-13-7-5-4-6-11(13)15-18(27-17)22-19(28-2)24-23-15/h4-9,17,21,25H,3H2,1-2H3. The summed E-state index contributed by atoms with van der Waals surface area (Å²) >= 11 is 4.85. The lowest BCUT2D eigenvalue weighted by molar-refractivity contribution is 0.218. The summed E-state index contributed by atoms with van der Waals surface area (Å²) in [5.41, 5.74) is 2.69. The smallest absolute Gasteiger partial charge is 0.247 e. The predicted molar refractivity (Wildman–Crippen MR) is 111 cm³/mol. The van der Waals surface area contributed by atoms with Crippen molar-refractivity contribution >= 4 is 33.4 Å². The molecule has 4 rings (SSSR count). The average Bonchev–Trinajstić information content (AvgIpc) is 2.86. The Kier molecular flexibility index (Phi) is 5.27. The Morgan fingerprint density at radius 1 is 1.29 bits per heavy atom. The second-order valence-electron chi connectivity index (χ2n) is 5.91. The van der Waals surface area contributed by atoms with Crippen LogP contribution < -0.4 is 14.8 Å². The molecule has 0 saturated carbocycles. The molecule has 0 bridgehead atoms. The highest BCUT2D eigenvalue weighted by Gasteiger charge is 2.28. The molecule has 1 aliphatic heterocycles. The van der Waals surface area contributed by atoms with Crippen molar-refractivity contribution in [3.63, 3.8) is 0 Å². The first-order valence-corrected chi connectivity index (χ1v) is 10.6. The number of phenols is 1. The number of hydrogen-bond donors (Lipinski definition) is 2. The molecule has 1 unspecified atom stereocenters. The van der Waals surface area contributed by atoms with Crippen molar-refractivity contribution < 1.29 is 14.6 Å². The zero-order valence-electron chi connectivity index (χ0n) is 15.1. The topological polar surface area (TPSA) is 89.4 Å². The molecule has 0 aliphatic carbocycles. The van der Waals surface area contributed by atoms with Crippen molar-refractivity contribution in [1.82, 2.24) is 15.2 Å². The van der Waals surface area contributed by atoms with Gasteiger partial charge in [0.2, 0.25) is 17.3 Å². The maximum Gasteiger partial charge on any atom is 0.247 e. The van der Waals surface area contributed by atoms with Crippen LogP contribution in [0.5, 0.6) is 17.4 Å². The molecule has 2 N–H and O–H groups in total. The SMILES string of the molecule is CCOc1cc(Br)cc(C2Nc3ccccc3-c3nnc(SC)nc3O2)c1O. The molecule has 1 aliphatic rings. The Labute approximate surface area is 174 Å². The first-order valence-electron chi connectivity index (χ1n) is 8.57.